The van der Waals surface area contributed by atoms with E-state index in [1.165, 1.54) is 0 Å². The van der Waals surface area contributed by atoms with Gasteiger partial charge in [0.25, 0.3) is 0 Å². The number of aliphatic carboxylic acids is 1. The first-order chi connectivity index (χ1) is 9.72. The minimum Gasteiger partial charge on any atom is -0.480 e. The number of nitrogens with two attached hydrogens (primary N) is 2. The number of amides is 2. The maximum Gasteiger partial charge on any atom is 0.320 e. The Morgan fingerprint density at radius 3 is 2.05 bits per heavy atom. The quantitative estimate of drug-likeness (QED) is 0.385. The van der Waals surface area contributed by atoms with Gasteiger partial charge in [-0.15, -0.1) is 0 Å². The maximum absolute atomic E-state index is 10.6. The van der Waals surface area contributed by atoms with Gasteiger partial charge >= 0.3 is 17.8 Å². The highest BCUT2D eigenvalue weighted by Gasteiger charge is 2.11. The van der Waals surface area contributed by atoms with Crippen LogP contribution >= 0.6 is 0 Å². The highest BCUT2D eigenvalue weighted by atomic mass is 16.4. The van der Waals surface area contributed by atoms with Crippen molar-refractivity contribution >= 4 is 17.8 Å². The third-order valence-electron chi connectivity index (χ3n) is 2.58. The summed E-state index contributed by atoms with van der Waals surface area (Å²) in [6, 6.07) is -0.690. The highest BCUT2D eigenvalue weighted by Crippen LogP contribution is 2.01. The van der Waals surface area contributed by atoms with Crippen molar-refractivity contribution in [3.05, 3.63) is 0 Å². The van der Waals surface area contributed by atoms with E-state index in [4.69, 9.17) is 16.6 Å². The van der Waals surface area contributed by atoms with E-state index >= 15 is 0 Å². The molecule has 21 heavy (non-hydrogen) atoms. The molecule has 2 amide bonds. The molecule has 7 heteroatoms. The van der Waals surface area contributed by atoms with Gasteiger partial charge in [0.15, 0.2) is 0 Å². The summed E-state index contributed by atoms with van der Waals surface area (Å²) >= 11 is 0. The fraction of sp³-hybridized carbons (Fsp3) is 0.786. The van der Waals surface area contributed by atoms with E-state index in [9.17, 15) is 14.4 Å². The van der Waals surface area contributed by atoms with Crippen molar-refractivity contribution in [3.8, 4) is 0 Å². The molecular formula is C14H29N3O4. The Morgan fingerprint density at radius 2 is 1.71 bits per heavy atom. The lowest BCUT2D eigenvalue weighted by atomic mass is 10.1. The van der Waals surface area contributed by atoms with Crippen molar-refractivity contribution in [2.24, 2.45) is 17.4 Å². The summed E-state index contributed by atoms with van der Waals surface area (Å²) in [5.41, 5.74) is 9.94. The van der Waals surface area contributed by atoms with Crippen molar-refractivity contribution in [3.63, 3.8) is 0 Å². The van der Waals surface area contributed by atoms with Gasteiger partial charge in [0.05, 0.1) is 0 Å². The van der Waals surface area contributed by atoms with E-state index in [0.717, 1.165) is 25.7 Å². The number of rotatable bonds is 8. The second-order valence-corrected chi connectivity index (χ2v) is 5.26. The first-order valence-electron chi connectivity index (χ1n) is 7.28. The zero-order valence-corrected chi connectivity index (χ0v) is 13.2. The van der Waals surface area contributed by atoms with E-state index in [0.29, 0.717) is 18.9 Å². The minimum atomic E-state index is -0.913. The Labute approximate surface area is 126 Å². The van der Waals surface area contributed by atoms with Gasteiger partial charge in [-0.05, 0) is 18.8 Å². The maximum atomic E-state index is 10.6. The largest absolute Gasteiger partial charge is 0.480 e. The van der Waals surface area contributed by atoms with Crippen molar-refractivity contribution in [1.82, 2.24) is 5.32 Å². The Hall–Kier alpha value is -1.63. The summed E-state index contributed by atoms with van der Waals surface area (Å²) in [6.07, 6.45) is 4.86. The van der Waals surface area contributed by atoms with Crippen molar-refractivity contribution in [2.75, 3.05) is 6.54 Å². The molecule has 0 aliphatic carbocycles. The molecule has 0 saturated heterocycles. The summed E-state index contributed by atoms with van der Waals surface area (Å²) in [5, 5.41) is 10.7. The Bertz CT molecular complexity index is 319. The van der Waals surface area contributed by atoms with Gasteiger partial charge in [-0.25, -0.2) is 0 Å². The van der Waals surface area contributed by atoms with Crippen LogP contribution in [0.3, 0.4) is 0 Å². The SMILES string of the molecule is CC(C)C[C@H](N)C(=O)O.CCCCCCNC(=O)C(N)=O. The molecule has 0 aromatic rings. The van der Waals surface area contributed by atoms with Gasteiger partial charge in [-0.3, -0.25) is 14.4 Å². The highest BCUT2D eigenvalue weighted by molar-refractivity contribution is 6.34. The monoisotopic (exact) mass is 303 g/mol. The molecule has 0 aliphatic heterocycles. The molecule has 0 radical (unpaired) electrons. The first-order valence-corrected chi connectivity index (χ1v) is 7.28. The fourth-order valence-electron chi connectivity index (χ4n) is 1.45. The lowest BCUT2D eigenvalue weighted by Gasteiger charge is -2.07. The number of hydrogen-bond acceptors (Lipinski definition) is 4. The fourth-order valence-corrected chi connectivity index (χ4v) is 1.45. The number of primary amides is 1. The van der Waals surface area contributed by atoms with Gasteiger partial charge < -0.3 is 21.9 Å². The summed E-state index contributed by atoms with van der Waals surface area (Å²) in [5.74, 6) is -2.16. The predicted octanol–water partition coefficient (Wildman–Crippen LogP) is 0.613. The third-order valence-corrected chi connectivity index (χ3v) is 2.58. The van der Waals surface area contributed by atoms with E-state index in [-0.39, 0.29) is 0 Å². The molecule has 0 unspecified atom stereocenters. The van der Waals surface area contributed by atoms with Crippen LogP contribution in [-0.4, -0.2) is 35.5 Å². The first kappa shape index (κ1) is 21.7. The molecule has 0 bridgehead atoms. The zero-order valence-electron chi connectivity index (χ0n) is 13.2. The number of carboxylic acids is 1. The van der Waals surface area contributed by atoms with E-state index in [1.807, 2.05) is 13.8 Å². The van der Waals surface area contributed by atoms with Crippen LogP contribution in [0.2, 0.25) is 0 Å². The van der Waals surface area contributed by atoms with Crippen LogP contribution < -0.4 is 16.8 Å². The van der Waals surface area contributed by atoms with Crippen molar-refractivity contribution in [1.29, 1.82) is 0 Å². The molecule has 1 atom stereocenters. The number of nitrogens with one attached hydrogen (secondary N) is 1. The number of carboxylic acid groups (broad SMARTS) is 1. The molecule has 0 heterocycles. The normalized spacial score (nSPS) is 11.3. The van der Waals surface area contributed by atoms with Gasteiger partial charge in [-0.2, -0.15) is 0 Å². The van der Waals surface area contributed by atoms with Gasteiger partial charge in [-0.1, -0.05) is 40.0 Å². The molecule has 0 saturated carbocycles. The second kappa shape index (κ2) is 13.4. The Morgan fingerprint density at radius 1 is 1.14 bits per heavy atom. The smallest absolute Gasteiger partial charge is 0.320 e. The van der Waals surface area contributed by atoms with Gasteiger partial charge in [0.2, 0.25) is 0 Å². The van der Waals surface area contributed by atoms with Crippen LogP contribution in [0.25, 0.3) is 0 Å². The predicted molar refractivity (Wildman–Crippen MR) is 81.4 cm³/mol. The van der Waals surface area contributed by atoms with Crippen LogP contribution in [0, 0.1) is 5.92 Å². The van der Waals surface area contributed by atoms with E-state index in [2.05, 4.69) is 12.2 Å². The second-order valence-electron chi connectivity index (χ2n) is 5.26. The summed E-state index contributed by atoms with van der Waals surface area (Å²) in [6.45, 7) is 6.55. The van der Waals surface area contributed by atoms with E-state index < -0.39 is 23.8 Å². The standard InChI is InChI=1S/C8H16N2O2.C6H13NO2/c1-2-3-4-5-6-10-8(12)7(9)11;1-4(2)3-5(7)6(8)9/h2-6H2,1H3,(H2,9,11)(H,10,12);4-5H,3,7H2,1-2H3,(H,8,9)/t;5-/m.0/s1. The Kier molecular flexibility index (Phi) is 13.8. The van der Waals surface area contributed by atoms with Crippen LogP contribution in [0.1, 0.15) is 52.9 Å². The van der Waals surface area contributed by atoms with Gasteiger partial charge in [0.1, 0.15) is 6.04 Å². The van der Waals surface area contributed by atoms with E-state index in [1.54, 1.807) is 0 Å². The van der Waals surface area contributed by atoms with Crippen molar-refractivity contribution in [2.45, 2.75) is 58.9 Å². The summed E-state index contributed by atoms with van der Waals surface area (Å²) in [4.78, 5) is 30.9. The molecule has 0 aromatic carbocycles. The van der Waals surface area contributed by atoms with Crippen LogP contribution in [0.5, 0.6) is 0 Å². The average Bonchev–Trinajstić information content (AvgIpc) is 2.38. The molecule has 0 aliphatic rings. The van der Waals surface area contributed by atoms with Crippen LogP contribution in [0.4, 0.5) is 0 Å². The topological polar surface area (TPSA) is 136 Å². The average molecular weight is 303 g/mol. The number of carbonyl (C=O) groups excluding carboxylic acids is 2. The summed E-state index contributed by atoms with van der Waals surface area (Å²) < 4.78 is 0. The molecule has 124 valence electrons. The molecule has 6 N–H and O–H groups in total. The molecule has 0 spiro atoms. The molecule has 7 nitrogen and oxygen atoms in total. The van der Waals surface area contributed by atoms with Crippen molar-refractivity contribution < 1.29 is 19.5 Å². The number of carbonyl (C=O) groups is 3. The zero-order chi connectivity index (χ0) is 16.8. The molecule has 0 aromatic heterocycles. The molecular weight excluding hydrogens is 274 g/mol. The van der Waals surface area contributed by atoms with Gasteiger partial charge in [0, 0.05) is 6.54 Å². The molecule has 0 rings (SSSR count). The lowest BCUT2D eigenvalue weighted by molar-refractivity contribution is -0.138. The lowest BCUT2D eigenvalue weighted by Crippen LogP contribution is -2.36. The summed E-state index contributed by atoms with van der Waals surface area (Å²) in [7, 11) is 0. The minimum absolute atomic E-state index is 0.357. The number of hydrogen-bond donors (Lipinski definition) is 4. The molecule has 0 fully saturated rings. The third kappa shape index (κ3) is 16.3. The van der Waals surface area contributed by atoms with Crippen LogP contribution in [0.15, 0.2) is 0 Å². The van der Waals surface area contributed by atoms with Crippen LogP contribution in [-0.2, 0) is 14.4 Å². The Balaban J connectivity index is 0. The number of unbranched alkanes of at least 4 members (excludes halogenated alkanes) is 3.